The van der Waals surface area contributed by atoms with E-state index in [2.05, 4.69) is 5.32 Å². The summed E-state index contributed by atoms with van der Waals surface area (Å²) >= 11 is 12.1. The molecule has 162 valence electrons. The normalized spacial score (nSPS) is 17.0. The summed E-state index contributed by atoms with van der Waals surface area (Å²) in [6.07, 6.45) is 0. The maximum Gasteiger partial charge on any atom is 0.246 e. The van der Waals surface area contributed by atoms with Crippen molar-refractivity contribution in [3.05, 3.63) is 58.1 Å². The molecule has 1 heterocycles. The summed E-state index contributed by atoms with van der Waals surface area (Å²) in [6, 6.07) is 6.97. The average Bonchev–Trinajstić information content (AvgIpc) is 2.70. The van der Waals surface area contributed by atoms with Gasteiger partial charge in [-0.25, -0.2) is 17.2 Å². The van der Waals surface area contributed by atoms with E-state index in [1.807, 2.05) is 0 Å². The van der Waals surface area contributed by atoms with Crippen LogP contribution in [0.3, 0.4) is 0 Å². The van der Waals surface area contributed by atoms with Gasteiger partial charge in [-0.1, -0.05) is 29.3 Å². The van der Waals surface area contributed by atoms with E-state index in [0.717, 1.165) is 12.1 Å². The van der Waals surface area contributed by atoms with Crippen LogP contribution in [0.5, 0.6) is 0 Å². The van der Waals surface area contributed by atoms with Crippen molar-refractivity contribution in [1.29, 1.82) is 0 Å². The number of anilines is 1. The lowest BCUT2D eigenvalue weighted by molar-refractivity contribution is -0.121. The van der Waals surface area contributed by atoms with Gasteiger partial charge in [-0.2, -0.15) is 4.31 Å². The summed E-state index contributed by atoms with van der Waals surface area (Å²) in [7, 11) is -3.89. The van der Waals surface area contributed by atoms with Crippen LogP contribution >= 0.6 is 23.2 Å². The molecule has 0 saturated carbocycles. The molecule has 30 heavy (non-hydrogen) atoms. The van der Waals surface area contributed by atoms with Gasteiger partial charge in [0, 0.05) is 37.9 Å². The largest absolute Gasteiger partial charge is 0.325 e. The zero-order valence-corrected chi connectivity index (χ0v) is 18.2. The van der Waals surface area contributed by atoms with Crippen LogP contribution in [-0.4, -0.2) is 55.8 Å². The highest BCUT2D eigenvalue weighted by molar-refractivity contribution is 7.89. The van der Waals surface area contributed by atoms with Crippen molar-refractivity contribution in [2.24, 2.45) is 0 Å². The Labute approximate surface area is 183 Å². The Morgan fingerprint density at radius 1 is 1.03 bits per heavy atom. The molecule has 0 radical (unpaired) electrons. The van der Waals surface area contributed by atoms with Gasteiger partial charge in [-0.3, -0.25) is 9.69 Å². The number of halogens is 4. The Kier molecular flexibility index (Phi) is 6.98. The summed E-state index contributed by atoms with van der Waals surface area (Å²) in [5, 5.41) is 2.63. The molecule has 2 aromatic carbocycles. The topological polar surface area (TPSA) is 69.7 Å². The lowest BCUT2D eigenvalue weighted by Crippen LogP contribution is -2.54. The molecule has 1 N–H and O–H groups in total. The Balaban J connectivity index is 1.64. The molecule has 2 aromatic rings. The lowest BCUT2D eigenvalue weighted by atomic mass is 10.2. The average molecular weight is 478 g/mol. The number of rotatable bonds is 5. The minimum absolute atomic E-state index is 0.0456. The highest BCUT2D eigenvalue weighted by atomic mass is 35.5. The lowest BCUT2D eigenvalue weighted by Gasteiger charge is -2.36. The predicted octanol–water partition coefficient (Wildman–Crippen LogP) is 3.61. The number of hydrogen-bond acceptors (Lipinski definition) is 4. The zero-order valence-electron chi connectivity index (χ0n) is 15.9. The van der Waals surface area contributed by atoms with E-state index in [1.54, 1.807) is 17.9 Å². The van der Waals surface area contributed by atoms with Gasteiger partial charge in [-0.05, 0) is 31.2 Å². The monoisotopic (exact) mass is 477 g/mol. The molecular weight excluding hydrogens is 459 g/mol. The molecule has 1 saturated heterocycles. The van der Waals surface area contributed by atoms with Crippen LogP contribution in [0.2, 0.25) is 10.0 Å². The number of nitrogens with one attached hydrogen (secondary N) is 1. The number of carbonyl (C=O) groups excluding carboxylic acids is 1. The fourth-order valence-corrected chi connectivity index (χ4v) is 5.69. The van der Waals surface area contributed by atoms with Crippen molar-refractivity contribution in [1.82, 2.24) is 9.21 Å². The molecule has 0 aliphatic carbocycles. The van der Waals surface area contributed by atoms with Crippen LogP contribution in [0.1, 0.15) is 6.92 Å². The van der Waals surface area contributed by atoms with E-state index in [4.69, 9.17) is 23.2 Å². The summed E-state index contributed by atoms with van der Waals surface area (Å²) in [5.41, 5.74) is 0.139. The third-order valence-corrected chi connectivity index (χ3v) is 7.76. The number of benzene rings is 2. The quantitative estimate of drug-likeness (QED) is 0.713. The second kappa shape index (κ2) is 9.15. The summed E-state index contributed by atoms with van der Waals surface area (Å²) in [6.45, 7) is 2.55. The van der Waals surface area contributed by atoms with Gasteiger partial charge in [0.05, 0.1) is 16.1 Å². The Hall–Kier alpha value is -1.78. The van der Waals surface area contributed by atoms with Crippen molar-refractivity contribution in [3.63, 3.8) is 0 Å². The summed E-state index contributed by atoms with van der Waals surface area (Å²) in [5.74, 6) is -2.47. The molecular formula is C19H19Cl2F2N3O3S. The minimum Gasteiger partial charge on any atom is -0.325 e. The van der Waals surface area contributed by atoms with E-state index in [-0.39, 0.29) is 33.7 Å². The first-order valence-corrected chi connectivity index (χ1v) is 11.2. The fourth-order valence-electron chi connectivity index (χ4n) is 3.18. The molecule has 1 unspecified atom stereocenters. The minimum atomic E-state index is -3.89. The molecule has 1 atom stereocenters. The van der Waals surface area contributed by atoms with Crippen LogP contribution in [0.15, 0.2) is 41.3 Å². The van der Waals surface area contributed by atoms with E-state index in [1.165, 1.54) is 22.5 Å². The van der Waals surface area contributed by atoms with Gasteiger partial charge < -0.3 is 5.32 Å². The number of hydrogen-bond donors (Lipinski definition) is 1. The van der Waals surface area contributed by atoms with Gasteiger partial charge in [0.2, 0.25) is 15.9 Å². The molecule has 6 nitrogen and oxygen atoms in total. The maximum atomic E-state index is 13.3. The first kappa shape index (κ1) is 22.9. The molecule has 1 fully saturated rings. The number of amides is 1. The SMILES string of the molecule is CC(C(=O)Nc1ccc(F)c(F)c1)N1CCN(S(=O)(=O)c2c(Cl)cccc2Cl)CC1. The van der Waals surface area contributed by atoms with Crippen molar-refractivity contribution in [2.75, 3.05) is 31.5 Å². The number of sulfonamides is 1. The van der Waals surface area contributed by atoms with E-state index >= 15 is 0 Å². The van der Waals surface area contributed by atoms with Crippen molar-refractivity contribution in [2.45, 2.75) is 17.9 Å². The molecule has 1 amide bonds. The molecule has 0 aromatic heterocycles. The van der Waals surface area contributed by atoms with Crippen LogP contribution < -0.4 is 5.32 Å². The first-order valence-electron chi connectivity index (χ1n) is 9.05. The number of nitrogens with zero attached hydrogens (tertiary/aromatic N) is 2. The highest BCUT2D eigenvalue weighted by Gasteiger charge is 2.34. The number of carbonyl (C=O) groups is 1. The standard InChI is InChI=1S/C19H19Cl2F2N3O3S/c1-12(19(27)24-13-5-6-16(22)17(23)11-13)25-7-9-26(10-8-25)30(28,29)18-14(20)3-2-4-15(18)21/h2-6,11-12H,7-10H2,1H3,(H,24,27). The Morgan fingerprint density at radius 3 is 2.20 bits per heavy atom. The van der Waals surface area contributed by atoms with Gasteiger partial charge >= 0.3 is 0 Å². The smallest absolute Gasteiger partial charge is 0.246 e. The molecule has 1 aliphatic heterocycles. The highest BCUT2D eigenvalue weighted by Crippen LogP contribution is 2.32. The maximum absolute atomic E-state index is 13.3. The molecule has 1 aliphatic rings. The number of piperazine rings is 1. The second-order valence-corrected chi connectivity index (χ2v) is 9.47. The summed E-state index contributed by atoms with van der Waals surface area (Å²) in [4.78, 5) is 14.1. The van der Waals surface area contributed by atoms with Gasteiger partial charge in [0.15, 0.2) is 11.6 Å². The van der Waals surface area contributed by atoms with E-state index in [0.29, 0.717) is 13.1 Å². The Bertz CT molecular complexity index is 1040. The molecule has 0 spiro atoms. The van der Waals surface area contributed by atoms with Gasteiger partial charge in [0.25, 0.3) is 0 Å². The Morgan fingerprint density at radius 2 is 1.63 bits per heavy atom. The van der Waals surface area contributed by atoms with Crippen LogP contribution in [0.25, 0.3) is 0 Å². The second-order valence-electron chi connectivity index (χ2n) is 6.78. The van der Waals surface area contributed by atoms with E-state index in [9.17, 15) is 22.0 Å². The fraction of sp³-hybridized carbons (Fsp3) is 0.316. The molecule has 3 rings (SSSR count). The third-order valence-electron chi connectivity index (χ3n) is 4.90. The van der Waals surface area contributed by atoms with Crippen molar-refractivity contribution in [3.8, 4) is 0 Å². The molecule has 11 heteroatoms. The van der Waals surface area contributed by atoms with E-state index < -0.39 is 33.6 Å². The third kappa shape index (κ3) is 4.76. The van der Waals surface area contributed by atoms with Crippen LogP contribution in [0.4, 0.5) is 14.5 Å². The van der Waals surface area contributed by atoms with Crippen LogP contribution in [0, 0.1) is 11.6 Å². The van der Waals surface area contributed by atoms with Gasteiger partial charge in [-0.15, -0.1) is 0 Å². The zero-order chi connectivity index (χ0) is 22.1. The van der Waals surface area contributed by atoms with Crippen molar-refractivity contribution >= 4 is 44.8 Å². The first-order chi connectivity index (χ1) is 14.1. The summed E-state index contributed by atoms with van der Waals surface area (Å²) < 4.78 is 53.5. The molecule has 0 bridgehead atoms. The van der Waals surface area contributed by atoms with Crippen molar-refractivity contribution < 1.29 is 22.0 Å². The van der Waals surface area contributed by atoms with Crippen LogP contribution in [-0.2, 0) is 14.8 Å². The predicted molar refractivity (Wildman–Crippen MR) is 111 cm³/mol. The van der Waals surface area contributed by atoms with Gasteiger partial charge in [0.1, 0.15) is 4.90 Å².